The molecule has 0 fully saturated rings. The number of imidazole rings is 1. The third-order valence-electron chi connectivity index (χ3n) is 5.84. The molecule has 0 saturated carbocycles. The molecule has 1 N–H and O–H groups in total. The Hall–Kier alpha value is -4.79. The van der Waals surface area contributed by atoms with Crippen LogP contribution in [0.4, 0.5) is 4.39 Å². The van der Waals surface area contributed by atoms with E-state index in [9.17, 15) is 4.39 Å². The van der Waals surface area contributed by atoms with Crippen LogP contribution < -0.4 is 9.47 Å². The van der Waals surface area contributed by atoms with Crippen LogP contribution in [0.3, 0.4) is 0 Å². The van der Waals surface area contributed by atoms with E-state index < -0.39 is 0 Å². The van der Waals surface area contributed by atoms with E-state index in [0.717, 1.165) is 38.9 Å². The molecule has 0 bridgehead atoms. The molecule has 8 nitrogen and oxygen atoms in total. The number of nitrogens with zero attached hydrogens (tertiary/aromatic N) is 5. The average Bonchev–Trinajstić information content (AvgIpc) is 3.52. The average molecular weight is 466 g/mol. The standard InChI is InChI=1S/C26H19FN6O2/c1-34-23-10-16(11-24(32-23)35-2)21-13-29-26-25(31-21)19(12-28-26)15-3-8-20-22(9-15)33(14-30-20)18-6-4-17(27)5-7-18/h3-14H,1-2H3,(H,28,29). The number of pyridine rings is 1. The molecule has 35 heavy (non-hydrogen) atoms. The summed E-state index contributed by atoms with van der Waals surface area (Å²) in [5, 5.41) is 0. The molecule has 6 aromatic rings. The molecule has 4 aromatic heterocycles. The summed E-state index contributed by atoms with van der Waals surface area (Å²) in [6.07, 6.45) is 5.32. The molecule has 0 aliphatic heterocycles. The Morgan fingerprint density at radius 2 is 1.63 bits per heavy atom. The maximum Gasteiger partial charge on any atom is 0.216 e. The van der Waals surface area contributed by atoms with Crippen LogP contribution in [-0.4, -0.2) is 43.7 Å². The number of rotatable bonds is 5. The van der Waals surface area contributed by atoms with Gasteiger partial charge in [0.2, 0.25) is 11.8 Å². The van der Waals surface area contributed by atoms with Gasteiger partial charge in [-0.2, -0.15) is 4.98 Å². The summed E-state index contributed by atoms with van der Waals surface area (Å²) in [5.74, 6) is 0.571. The van der Waals surface area contributed by atoms with E-state index >= 15 is 0 Å². The highest BCUT2D eigenvalue weighted by molar-refractivity contribution is 5.94. The molecule has 0 unspecified atom stereocenters. The van der Waals surface area contributed by atoms with Gasteiger partial charge >= 0.3 is 0 Å². The van der Waals surface area contributed by atoms with Crippen molar-refractivity contribution < 1.29 is 13.9 Å². The zero-order valence-electron chi connectivity index (χ0n) is 18.9. The number of ether oxygens (including phenoxy) is 2. The quantitative estimate of drug-likeness (QED) is 0.376. The van der Waals surface area contributed by atoms with Gasteiger partial charge in [-0.15, -0.1) is 0 Å². The van der Waals surface area contributed by atoms with E-state index in [0.29, 0.717) is 23.1 Å². The van der Waals surface area contributed by atoms with Gasteiger partial charge in [-0.25, -0.2) is 19.3 Å². The molecule has 0 spiro atoms. The molecular weight excluding hydrogens is 447 g/mol. The topological polar surface area (TPSA) is 90.7 Å². The minimum atomic E-state index is -0.281. The van der Waals surface area contributed by atoms with Gasteiger partial charge in [0.1, 0.15) is 17.7 Å². The van der Waals surface area contributed by atoms with E-state index in [1.165, 1.54) is 12.1 Å². The lowest BCUT2D eigenvalue weighted by Gasteiger charge is -2.08. The zero-order valence-corrected chi connectivity index (χ0v) is 18.9. The molecule has 0 aliphatic rings. The number of hydrogen-bond donors (Lipinski definition) is 1. The summed E-state index contributed by atoms with van der Waals surface area (Å²) in [7, 11) is 3.11. The molecule has 4 heterocycles. The van der Waals surface area contributed by atoms with Gasteiger partial charge in [-0.1, -0.05) is 6.07 Å². The van der Waals surface area contributed by atoms with Crippen molar-refractivity contribution in [2.45, 2.75) is 0 Å². The minimum absolute atomic E-state index is 0.281. The number of nitrogens with one attached hydrogen (secondary N) is 1. The Morgan fingerprint density at radius 1 is 0.857 bits per heavy atom. The Kier molecular flexibility index (Phi) is 4.88. The van der Waals surface area contributed by atoms with Crippen molar-refractivity contribution in [1.29, 1.82) is 0 Å². The molecule has 172 valence electrons. The van der Waals surface area contributed by atoms with Crippen molar-refractivity contribution in [3.63, 3.8) is 0 Å². The number of fused-ring (bicyclic) bond motifs is 2. The number of aromatic nitrogens is 6. The SMILES string of the molecule is COc1cc(-c2cnc3[nH]cc(-c4ccc5ncn(-c6ccc(F)cc6)c5c4)c3n2)cc(OC)n1. The van der Waals surface area contributed by atoms with Crippen LogP contribution in [0.15, 0.2) is 73.3 Å². The first kappa shape index (κ1) is 20.8. The predicted octanol–water partition coefficient (Wildman–Crippen LogP) is 5.18. The molecule has 0 aliphatic carbocycles. The molecule has 0 saturated heterocycles. The summed E-state index contributed by atoms with van der Waals surface area (Å²) < 4.78 is 25.9. The van der Waals surface area contributed by atoms with Crippen molar-refractivity contribution in [1.82, 2.24) is 29.5 Å². The lowest BCUT2D eigenvalue weighted by molar-refractivity contribution is 0.365. The molecule has 0 radical (unpaired) electrons. The van der Waals surface area contributed by atoms with Crippen molar-refractivity contribution in [3.05, 3.63) is 79.1 Å². The van der Waals surface area contributed by atoms with Crippen molar-refractivity contribution in [3.8, 4) is 39.8 Å². The largest absolute Gasteiger partial charge is 0.481 e. The van der Waals surface area contributed by atoms with Gasteiger partial charge in [0.15, 0.2) is 5.65 Å². The van der Waals surface area contributed by atoms with Crippen LogP contribution >= 0.6 is 0 Å². The zero-order chi connectivity index (χ0) is 23.9. The predicted molar refractivity (Wildman–Crippen MR) is 130 cm³/mol. The number of methoxy groups -OCH3 is 2. The second-order valence-corrected chi connectivity index (χ2v) is 7.89. The number of benzene rings is 2. The van der Waals surface area contributed by atoms with Crippen LogP contribution in [0.5, 0.6) is 11.8 Å². The number of aromatic amines is 1. The molecule has 0 amide bonds. The number of halogens is 1. The van der Waals surface area contributed by atoms with E-state index in [4.69, 9.17) is 14.5 Å². The second kappa shape index (κ2) is 8.21. The third kappa shape index (κ3) is 3.63. The van der Waals surface area contributed by atoms with Crippen molar-refractivity contribution in [2.75, 3.05) is 14.2 Å². The summed E-state index contributed by atoms with van der Waals surface area (Å²) in [5.41, 5.74) is 7.24. The summed E-state index contributed by atoms with van der Waals surface area (Å²) in [4.78, 5) is 21.4. The molecule has 2 aromatic carbocycles. The van der Waals surface area contributed by atoms with Gasteiger partial charge < -0.3 is 14.5 Å². The van der Waals surface area contributed by atoms with E-state index in [1.807, 2.05) is 29.0 Å². The molecule has 0 atom stereocenters. The van der Waals surface area contributed by atoms with Crippen LogP contribution in [0.2, 0.25) is 0 Å². The number of hydrogen-bond acceptors (Lipinski definition) is 6. The van der Waals surface area contributed by atoms with Gasteiger partial charge in [0.05, 0.1) is 37.1 Å². The minimum Gasteiger partial charge on any atom is -0.481 e. The fourth-order valence-corrected chi connectivity index (χ4v) is 4.07. The van der Waals surface area contributed by atoms with E-state index in [-0.39, 0.29) is 5.82 Å². The smallest absolute Gasteiger partial charge is 0.216 e. The third-order valence-corrected chi connectivity index (χ3v) is 5.84. The molecule has 6 rings (SSSR count). The highest BCUT2D eigenvalue weighted by Gasteiger charge is 2.14. The Bertz CT molecular complexity index is 1670. The highest BCUT2D eigenvalue weighted by Crippen LogP contribution is 2.32. The van der Waals surface area contributed by atoms with Crippen LogP contribution in [0, 0.1) is 5.82 Å². The summed E-state index contributed by atoms with van der Waals surface area (Å²) >= 11 is 0. The first-order valence-corrected chi connectivity index (χ1v) is 10.8. The molecule has 9 heteroatoms. The Morgan fingerprint density at radius 3 is 2.37 bits per heavy atom. The monoisotopic (exact) mass is 466 g/mol. The van der Waals surface area contributed by atoms with Gasteiger partial charge in [-0.3, -0.25) is 4.57 Å². The first-order chi connectivity index (χ1) is 17.1. The molecular formula is C26H19FN6O2. The lowest BCUT2D eigenvalue weighted by Crippen LogP contribution is -1.95. The fraction of sp³-hybridized carbons (Fsp3) is 0.0769. The van der Waals surface area contributed by atoms with E-state index in [2.05, 4.69) is 19.9 Å². The normalized spacial score (nSPS) is 11.3. The maximum atomic E-state index is 13.4. The van der Waals surface area contributed by atoms with Gasteiger partial charge in [0.25, 0.3) is 0 Å². The lowest BCUT2D eigenvalue weighted by atomic mass is 10.1. The van der Waals surface area contributed by atoms with Crippen molar-refractivity contribution in [2.24, 2.45) is 0 Å². The van der Waals surface area contributed by atoms with Crippen LogP contribution in [0.1, 0.15) is 0 Å². The summed E-state index contributed by atoms with van der Waals surface area (Å²) in [6.45, 7) is 0. The van der Waals surface area contributed by atoms with Crippen LogP contribution in [-0.2, 0) is 0 Å². The second-order valence-electron chi connectivity index (χ2n) is 7.89. The van der Waals surface area contributed by atoms with Gasteiger partial charge in [0, 0.05) is 35.1 Å². The van der Waals surface area contributed by atoms with Crippen LogP contribution in [0.25, 0.3) is 50.3 Å². The first-order valence-electron chi connectivity index (χ1n) is 10.8. The Labute approximate surface area is 199 Å². The van der Waals surface area contributed by atoms with Crippen molar-refractivity contribution >= 4 is 22.2 Å². The number of H-pyrrole nitrogens is 1. The van der Waals surface area contributed by atoms with E-state index in [1.54, 1.807) is 51.0 Å². The summed E-state index contributed by atoms with van der Waals surface area (Å²) in [6, 6.07) is 15.9. The maximum absolute atomic E-state index is 13.4. The Balaban J connectivity index is 1.47. The van der Waals surface area contributed by atoms with Gasteiger partial charge in [-0.05, 0) is 42.0 Å². The fourth-order valence-electron chi connectivity index (χ4n) is 4.07. The highest BCUT2D eigenvalue weighted by atomic mass is 19.1.